The van der Waals surface area contributed by atoms with Crippen molar-refractivity contribution >= 4 is 23.5 Å². The number of rotatable bonds is 3. The number of aromatic nitrogens is 1. The monoisotopic (exact) mass is 272 g/mol. The van der Waals surface area contributed by atoms with Crippen molar-refractivity contribution in [3.05, 3.63) is 52.3 Å². The number of nitrogens with zero attached hydrogens (tertiary/aromatic N) is 3. The Hall–Kier alpha value is -2.25. The zero-order chi connectivity index (χ0) is 13.8. The third-order valence-corrected chi connectivity index (χ3v) is 3.15. The first-order chi connectivity index (χ1) is 9.11. The molecule has 0 aliphatic carbocycles. The van der Waals surface area contributed by atoms with E-state index in [0.717, 1.165) is 16.9 Å². The fraction of sp³-hybridized carbons (Fsp3) is 0.143. The highest BCUT2D eigenvalue weighted by Crippen LogP contribution is 2.15. The minimum absolute atomic E-state index is 0.613. The van der Waals surface area contributed by atoms with Crippen LogP contribution in [0.2, 0.25) is 5.02 Å². The SMILES string of the molecule is Cc1c(/C=N\Nc2cccc(Cl)c2)cc(C#N)n1C. The van der Waals surface area contributed by atoms with Crippen molar-refractivity contribution in [2.24, 2.45) is 12.1 Å². The molecule has 2 rings (SSSR count). The molecule has 0 bridgehead atoms. The van der Waals surface area contributed by atoms with Gasteiger partial charge in [-0.05, 0) is 31.2 Å². The van der Waals surface area contributed by atoms with Crippen molar-refractivity contribution in [1.82, 2.24) is 4.57 Å². The average molecular weight is 273 g/mol. The number of halogens is 1. The maximum atomic E-state index is 8.94. The van der Waals surface area contributed by atoms with E-state index in [0.29, 0.717) is 10.7 Å². The Morgan fingerprint density at radius 3 is 2.84 bits per heavy atom. The Bertz CT molecular complexity index is 665. The van der Waals surface area contributed by atoms with Gasteiger partial charge in [0.1, 0.15) is 11.8 Å². The first-order valence-corrected chi connectivity index (χ1v) is 6.10. The van der Waals surface area contributed by atoms with Crippen molar-refractivity contribution in [3.63, 3.8) is 0 Å². The molecular formula is C14H13ClN4. The van der Waals surface area contributed by atoms with Gasteiger partial charge >= 0.3 is 0 Å². The molecule has 19 heavy (non-hydrogen) atoms. The molecule has 1 aromatic heterocycles. The van der Waals surface area contributed by atoms with Crippen LogP contribution in [0.1, 0.15) is 17.0 Å². The summed E-state index contributed by atoms with van der Waals surface area (Å²) in [6.07, 6.45) is 1.69. The maximum Gasteiger partial charge on any atom is 0.120 e. The number of nitrogens with one attached hydrogen (secondary N) is 1. The highest BCUT2D eigenvalue weighted by Gasteiger charge is 2.06. The fourth-order valence-corrected chi connectivity index (χ4v) is 1.89. The lowest BCUT2D eigenvalue weighted by molar-refractivity contribution is 0.865. The molecule has 0 aliphatic heterocycles. The van der Waals surface area contributed by atoms with Gasteiger partial charge in [-0.15, -0.1) is 0 Å². The second-order valence-electron chi connectivity index (χ2n) is 4.12. The van der Waals surface area contributed by atoms with E-state index in [1.54, 1.807) is 24.4 Å². The first-order valence-electron chi connectivity index (χ1n) is 5.73. The zero-order valence-corrected chi connectivity index (χ0v) is 11.4. The van der Waals surface area contributed by atoms with E-state index in [2.05, 4.69) is 16.6 Å². The summed E-state index contributed by atoms with van der Waals surface area (Å²) in [4.78, 5) is 0. The van der Waals surface area contributed by atoms with Gasteiger partial charge in [-0.25, -0.2) is 0 Å². The first kappa shape index (κ1) is 13.2. The van der Waals surface area contributed by atoms with E-state index in [1.807, 2.05) is 30.7 Å². The maximum absolute atomic E-state index is 8.94. The van der Waals surface area contributed by atoms with Crippen LogP contribution in [0.25, 0.3) is 0 Å². The van der Waals surface area contributed by atoms with Crippen LogP contribution in [-0.4, -0.2) is 10.8 Å². The Morgan fingerprint density at radius 1 is 1.42 bits per heavy atom. The largest absolute Gasteiger partial charge is 0.339 e. The summed E-state index contributed by atoms with van der Waals surface area (Å²) in [5.41, 5.74) is 6.24. The summed E-state index contributed by atoms with van der Waals surface area (Å²) in [5, 5.41) is 13.7. The van der Waals surface area contributed by atoms with Crippen LogP contribution in [0, 0.1) is 18.3 Å². The smallest absolute Gasteiger partial charge is 0.120 e. The summed E-state index contributed by atoms with van der Waals surface area (Å²) in [5.74, 6) is 0. The Morgan fingerprint density at radius 2 is 2.21 bits per heavy atom. The van der Waals surface area contributed by atoms with E-state index in [1.165, 1.54) is 0 Å². The predicted molar refractivity (Wildman–Crippen MR) is 77.5 cm³/mol. The molecule has 2 aromatic rings. The van der Waals surface area contributed by atoms with Gasteiger partial charge in [-0.2, -0.15) is 10.4 Å². The summed E-state index contributed by atoms with van der Waals surface area (Å²) in [6, 6.07) is 11.3. The molecule has 0 atom stereocenters. The molecule has 0 spiro atoms. The lowest BCUT2D eigenvalue weighted by Crippen LogP contribution is -1.95. The molecule has 0 radical (unpaired) electrons. The molecule has 1 N–H and O–H groups in total. The summed E-state index contributed by atoms with van der Waals surface area (Å²) in [7, 11) is 1.86. The molecule has 0 saturated heterocycles. The third-order valence-electron chi connectivity index (χ3n) is 2.91. The molecular weight excluding hydrogens is 260 g/mol. The Labute approximate surface area is 116 Å². The lowest BCUT2D eigenvalue weighted by Gasteiger charge is -2.00. The van der Waals surface area contributed by atoms with Crippen molar-refractivity contribution in [3.8, 4) is 6.07 Å². The minimum Gasteiger partial charge on any atom is -0.339 e. The molecule has 1 heterocycles. The van der Waals surface area contributed by atoms with E-state index >= 15 is 0 Å². The Balaban J connectivity index is 2.14. The summed E-state index contributed by atoms with van der Waals surface area (Å²) in [6.45, 7) is 1.95. The lowest BCUT2D eigenvalue weighted by atomic mass is 10.3. The van der Waals surface area contributed by atoms with Crippen LogP contribution in [0.4, 0.5) is 5.69 Å². The Kier molecular flexibility index (Phi) is 3.88. The van der Waals surface area contributed by atoms with Crippen molar-refractivity contribution in [2.75, 3.05) is 5.43 Å². The van der Waals surface area contributed by atoms with Crippen LogP contribution < -0.4 is 5.43 Å². The van der Waals surface area contributed by atoms with Crippen molar-refractivity contribution < 1.29 is 0 Å². The highest BCUT2D eigenvalue weighted by atomic mass is 35.5. The zero-order valence-electron chi connectivity index (χ0n) is 10.7. The second kappa shape index (κ2) is 5.59. The van der Waals surface area contributed by atoms with Gasteiger partial charge in [-0.3, -0.25) is 5.43 Å². The molecule has 96 valence electrons. The van der Waals surface area contributed by atoms with Gasteiger partial charge in [-0.1, -0.05) is 17.7 Å². The molecule has 5 heteroatoms. The normalized spacial score (nSPS) is 10.6. The highest BCUT2D eigenvalue weighted by molar-refractivity contribution is 6.30. The van der Waals surface area contributed by atoms with Crippen LogP contribution >= 0.6 is 11.6 Å². The van der Waals surface area contributed by atoms with Gasteiger partial charge < -0.3 is 4.57 Å². The molecule has 1 aromatic carbocycles. The van der Waals surface area contributed by atoms with Gasteiger partial charge in [0, 0.05) is 23.3 Å². The fourth-order valence-electron chi connectivity index (χ4n) is 1.70. The minimum atomic E-state index is 0.613. The molecule has 4 nitrogen and oxygen atoms in total. The van der Waals surface area contributed by atoms with Gasteiger partial charge in [0.05, 0.1) is 11.9 Å². The topological polar surface area (TPSA) is 53.1 Å². The number of hydrogen-bond acceptors (Lipinski definition) is 3. The number of nitriles is 1. The van der Waals surface area contributed by atoms with E-state index < -0.39 is 0 Å². The summed E-state index contributed by atoms with van der Waals surface area (Å²) >= 11 is 5.88. The molecule has 0 amide bonds. The number of hydrogen-bond donors (Lipinski definition) is 1. The quantitative estimate of drug-likeness (QED) is 0.688. The molecule has 0 unspecified atom stereocenters. The van der Waals surface area contributed by atoms with E-state index in [9.17, 15) is 0 Å². The number of benzene rings is 1. The van der Waals surface area contributed by atoms with Crippen LogP contribution in [-0.2, 0) is 7.05 Å². The summed E-state index contributed by atoms with van der Waals surface area (Å²) < 4.78 is 1.83. The molecule has 0 aliphatic rings. The molecule has 0 saturated carbocycles. The number of anilines is 1. The van der Waals surface area contributed by atoms with Crippen molar-refractivity contribution in [1.29, 1.82) is 5.26 Å². The van der Waals surface area contributed by atoms with Crippen LogP contribution in [0.5, 0.6) is 0 Å². The van der Waals surface area contributed by atoms with E-state index in [4.69, 9.17) is 16.9 Å². The third kappa shape index (κ3) is 2.95. The van der Waals surface area contributed by atoms with Crippen LogP contribution in [0.3, 0.4) is 0 Å². The van der Waals surface area contributed by atoms with Crippen molar-refractivity contribution in [2.45, 2.75) is 6.92 Å². The predicted octanol–water partition coefficient (Wildman–Crippen LogP) is 3.30. The number of hydrazone groups is 1. The van der Waals surface area contributed by atoms with Gasteiger partial charge in [0.25, 0.3) is 0 Å². The molecule has 0 fully saturated rings. The van der Waals surface area contributed by atoms with Crippen LogP contribution in [0.15, 0.2) is 35.4 Å². The standard InChI is InChI=1S/C14H13ClN4/c1-10-11(6-14(8-16)19(10)2)9-17-18-13-5-3-4-12(15)7-13/h3-7,9,18H,1-2H3/b17-9-. The average Bonchev–Trinajstić information content (AvgIpc) is 2.67. The van der Waals surface area contributed by atoms with Gasteiger partial charge in [0.15, 0.2) is 0 Å². The van der Waals surface area contributed by atoms with Gasteiger partial charge in [0.2, 0.25) is 0 Å². The van der Waals surface area contributed by atoms with E-state index in [-0.39, 0.29) is 0 Å². The second-order valence-corrected chi connectivity index (χ2v) is 4.56.